The maximum atomic E-state index is 5.47. The molecule has 0 radical (unpaired) electrons. The minimum atomic E-state index is 0.752. The maximum absolute atomic E-state index is 5.47. The number of rotatable bonds is 3. The predicted octanol–water partition coefficient (Wildman–Crippen LogP) is 4.15. The lowest BCUT2D eigenvalue weighted by molar-refractivity contribution is 0.400. The van der Waals surface area contributed by atoms with Crippen LogP contribution in [0.3, 0.4) is 0 Å². The maximum Gasteiger partial charge on any atom is 0.143 e. The molecule has 0 amide bonds. The van der Waals surface area contributed by atoms with Crippen LogP contribution in [0.4, 0.5) is 0 Å². The molecule has 0 saturated heterocycles. The van der Waals surface area contributed by atoms with E-state index < -0.39 is 0 Å². The van der Waals surface area contributed by atoms with E-state index in [0.717, 1.165) is 39.6 Å². The molecule has 0 aliphatic rings. The first-order chi connectivity index (χ1) is 12.8. The molecule has 0 atom stereocenters. The van der Waals surface area contributed by atoms with E-state index in [1.54, 1.807) is 12.5 Å². The summed E-state index contributed by atoms with van der Waals surface area (Å²) in [4.78, 5) is 8.86. The Labute approximate surface area is 149 Å². The summed E-state index contributed by atoms with van der Waals surface area (Å²) in [6, 6.07) is 14.0. The molecule has 0 aliphatic heterocycles. The fraction of sp³-hybridized carbons (Fsp3) is 0.0500. The fourth-order valence-electron chi connectivity index (χ4n) is 3.13. The highest BCUT2D eigenvalue weighted by Crippen LogP contribution is 2.33. The number of hydrogen-bond donors (Lipinski definition) is 0. The monoisotopic (exact) mass is 341 g/mol. The minimum absolute atomic E-state index is 0.752. The molecule has 4 aromatic heterocycles. The zero-order valence-electron chi connectivity index (χ0n) is 14.1. The normalized spacial score (nSPS) is 11.3. The molecule has 0 spiro atoms. The van der Waals surface area contributed by atoms with Gasteiger partial charge < -0.3 is 13.5 Å². The average molecular weight is 341 g/mol. The van der Waals surface area contributed by atoms with Gasteiger partial charge in [0, 0.05) is 30.4 Å². The summed E-state index contributed by atoms with van der Waals surface area (Å²) in [7, 11) is 0. The van der Waals surface area contributed by atoms with Crippen LogP contribution in [0.15, 0.2) is 78.1 Å². The Morgan fingerprint density at radius 3 is 2.69 bits per heavy atom. The van der Waals surface area contributed by atoms with Crippen LogP contribution in [-0.4, -0.2) is 24.1 Å². The number of pyridine rings is 1. The quantitative estimate of drug-likeness (QED) is 0.494. The lowest BCUT2D eigenvalue weighted by Gasteiger charge is -2.01. The molecule has 4 heterocycles. The molecule has 26 heavy (non-hydrogen) atoms. The summed E-state index contributed by atoms with van der Waals surface area (Å²) in [5.74, 6) is 0.752. The van der Waals surface area contributed by atoms with Crippen molar-refractivity contribution >= 4 is 5.65 Å². The van der Waals surface area contributed by atoms with Gasteiger partial charge in [0.2, 0.25) is 0 Å². The Kier molecular flexibility index (Phi) is 3.21. The number of hydrogen-bond acceptors (Lipinski definition) is 4. The van der Waals surface area contributed by atoms with Gasteiger partial charge in [-0.3, -0.25) is 0 Å². The van der Waals surface area contributed by atoms with Crippen LogP contribution < -0.4 is 0 Å². The lowest BCUT2D eigenvalue weighted by Crippen LogP contribution is -1.92. The van der Waals surface area contributed by atoms with Crippen LogP contribution >= 0.6 is 0 Å². The molecule has 126 valence electrons. The second kappa shape index (κ2) is 5.70. The number of nitrogens with zero attached hydrogens (tertiary/aromatic N) is 5. The van der Waals surface area contributed by atoms with Crippen molar-refractivity contribution in [3.8, 4) is 28.2 Å². The van der Waals surface area contributed by atoms with Crippen molar-refractivity contribution in [1.29, 1.82) is 0 Å². The number of fused-ring (bicyclic) bond motifs is 1. The van der Waals surface area contributed by atoms with E-state index in [1.165, 1.54) is 0 Å². The highest BCUT2D eigenvalue weighted by atomic mass is 16.5. The standard InChI is InChI=1S/C20H15N5O/c1-14-19(20(23-26-14)15-5-3-2-4-6-15)17-12-25-11-16(7-8-18(25)22-17)24-10-9-21-13-24/h2-13H,1H3. The SMILES string of the molecule is Cc1onc(-c2ccccc2)c1-c1cn2cc(-n3ccnc3)ccc2n1. The summed E-state index contributed by atoms with van der Waals surface area (Å²) in [5.41, 5.74) is 5.46. The fourth-order valence-corrected chi connectivity index (χ4v) is 3.13. The molecule has 0 saturated carbocycles. The van der Waals surface area contributed by atoms with Gasteiger partial charge in [-0.25, -0.2) is 9.97 Å². The van der Waals surface area contributed by atoms with Crippen LogP contribution in [-0.2, 0) is 0 Å². The Balaban J connectivity index is 1.65. The molecule has 5 rings (SSSR count). The Hall–Kier alpha value is -3.67. The van der Waals surface area contributed by atoms with Gasteiger partial charge in [-0.1, -0.05) is 35.5 Å². The van der Waals surface area contributed by atoms with Gasteiger partial charge in [0.15, 0.2) is 0 Å². The third-order valence-electron chi connectivity index (χ3n) is 4.40. The molecule has 0 unspecified atom stereocenters. The zero-order valence-corrected chi connectivity index (χ0v) is 14.1. The summed E-state index contributed by atoms with van der Waals surface area (Å²) in [6.45, 7) is 1.91. The minimum Gasteiger partial charge on any atom is -0.360 e. The van der Waals surface area contributed by atoms with Gasteiger partial charge in [0.1, 0.15) is 17.1 Å². The molecular formula is C20H15N5O. The molecule has 1 aromatic carbocycles. The average Bonchev–Trinajstić information content (AvgIpc) is 3.40. The first kappa shape index (κ1) is 14.7. The molecule has 6 heteroatoms. The number of benzene rings is 1. The summed E-state index contributed by atoms with van der Waals surface area (Å²) in [6.07, 6.45) is 9.48. The van der Waals surface area contributed by atoms with Gasteiger partial charge in [0.25, 0.3) is 0 Å². The van der Waals surface area contributed by atoms with E-state index >= 15 is 0 Å². The summed E-state index contributed by atoms with van der Waals surface area (Å²) < 4.78 is 9.43. The first-order valence-electron chi connectivity index (χ1n) is 8.29. The highest BCUT2D eigenvalue weighted by Gasteiger charge is 2.19. The molecule has 0 bridgehead atoms. The van der Waals surface area contributed by atoms with Crippen molar-refractivity contribution in [2.75, 3.05) is 0 Å². The predicted molar refractivity (Wildman–Crippen MR) is 98.0 cm³/mol. The largest absolute Gasteiger partial charge is 0.360 e. The van der Waals surface area contributed by atoms with E-state index in [1.807, 2.05) is 76.9 Å². The van der Waals surface area contributed by atoms with Gasteiger partial charge in [0.05, 0.1) is 23.3 Å². The van der Waals surface area contributed by atoms with E-state index in [-0.39, 0.29) is 0 Å². The van der Waals surface area contributed by atoms with Gasteiger partial charge in [-0.05, 0) is 19.1 Å². The van der Waals surface area contributed by atoms with Crippen LogP contribution in [0.2, 0.25) is 0 Å². The Morgan fingerprint density at radius 2 is 1.88 bits per heavy atom. The van der Waals surface area contributed by atoms with Crippen molar-refractivity contribution in [3.05, 3.63) is 79.3 Å². The van der Waals surface area contributed by atoms with E-state index in [2.05, 4.69) is 10.1 Å². The number of aryl methyl sites for hydroxylation is 1. The third kappa shape index (κ3) is 2.31. The first-order valence-corrected chi connectivity index (χ1v) is 8.29. The smallest absolute Gasteiger partial charge is 0.143 e. The second-order valence-electron chi connectivity index (χ2n) is 6.08. The lowest BCUT2D eigenvalue weighted by atomic mass is 10.0. The second-order valence-corrected chi connectivity index (χ2v) is 6.08. The molecular weight excluding hydrogens is 326 g/mol. The van der Waals surface area contributed by atoms with Gasteiger partial charge in [-0.15, -0.1) is 0 Å². The van der Waals surface area contributed by atoms with Crippen molar-refractivity contribution in [3.63, 3.8) is 0 Å². The summed E-state index contributed by atoms with van der Waals surface area (Å²) >= 11 is 0. The number of imidazole rings is 2. The van der Waals surface area contributed by atoms with Crippen molar-refractivity contribution in [2.45, 2.75) is 6.92 Å². The Bertz CT molecular complexity index is 1190. The van der Waals surface area contributed by atoms with Crippen molar-refractivity contribution in [2.24, 2.45) is 0 Å². The molecule has 6 nitrogen and oxygen atoms in total. The number of aromatic nitrogens is 5. The van der Waals surface area contributed by atoms with Crippen LogP contribution in [0.5, 0.6) is 0 Å². The van der Waals surface area contributed by atoms with Crippen LogP contribution in [0.1, 0.15) is 5.76 Å². The zero-order chi connectivity index (χ0) is 17.5. The third-order valence-corrected chi connectivity index (χ3v) is 4.40. The Morgan fingerprint density at radius 1 is 1.00 bits per heavy atom. The molecule has 0 fully saturated rings. The van der Waals surface area contributed by atoms with E-state index in [4.69, 9.17) is 9.51 Å². The molecule has 0 aliphatic carbocycles. The topological polar surface area (TPSA) is 61.2 Å². The van der Waals surface area contributed by atoms with Gasteiger partial charge in [-0.2, -0.15) is 0 Å². The summed E-state index contributed by atoms with van der Waals surface area (Å²) in [5, 5.41) is 4.25. The molecule has 5 aromatic rings. The van der Waals surface area contributed by atoms with Crippen molar-refractivity contribution < 1.29 is 4.52 Å². The van der Waals surface area contributed by atoms with Crippen LogP contribution in [0, 0.1) is 6.92 Å². The van der Waals surface area contributed by atoms with E-state index in [0.29, 0.717) is 0 Å². The van der Waals surface area contributed by atoms with Crippen LogP contribution in [0.25, 0.3) is 33.8 Å². The van der Waals surface area contributed by atoms with Crippen molar-refractivity contribution in [1.82, 2.24) is 24.1 Å². The van der Waals surface area contributed by atoms with E-state index in [9.17, 15) is 0 Å². The molecule has 0 N–H and O–H groups in total. The highest BCUT2D eigenvalue weighted by molar-refractivity contribution is 5.80. The van der Waals surface area contributed by atoms with Gasteiger partial charge >= 0.3 is 0 Å².